The Morgan fingerprint density at radius 1 is 1.08 bits per heavy atom. The number of benzene rings is 2. The van der Waals surface area contributed by atoms with Crippen LogP contribution in [0.15, 0.2) is 52.9 Å². The molecule has 5 heteroatoms. The first-order valence-corrected chi connectivity index (χ1v) is 9.24. The number of rotatable bonds is 3. The molecule has 0 spiro atoms. The van der Waals surface area contributed by atoms with E-state index in [0.29, 0.717) is 29.5 Å². The molecule has 26 heavy (non-hydrogen) atoms. The molecule has 0 unspecified atom stereocenters. The molecule has 0 atom stereocenters. The molecule has 4 rings (SSSR count). The first-order valence-electron chi connectivity index (χ1n) is 8.86. The monoisotopic (exact) mass is 368 g/mol. The van der Waals surface area contributed by atoms with Gasteiger partial charge in [-0.15, -0.1) is 0 Å². The Labute approximate surface area is 157 Å². The molecular formula is C21H21ClN2O2. The molecular weight excluding hydrogens is 348 g/mol. The lowest BCUT2D eigenvalue weighted by Gasteiger charge is -2.34. The normalized spacial score (nSPS) is 15.5. The topological polar surface area (TPSA) is 36.7 Å². The highest BCUT2D eigenvalue weighted by molar-refractivity contribution is 6.31. The molecule has 1 aliphatic rings. The summed E-state index contributed by atoms with van der Waals surface area (Å²) in [6.45, 7) is 6.00. The average Bonchev–Trinajstić information content (AvgIpc) is 2.99. The van der Waals surface area contributed by atoms with Crippen LogP contribution in [0.5, 0.6) is 0 Å². The van der Waals surface area contributed by atoms with Crippen molar-refractivity contribution in [3.05, 3.63) is 70.4 Å². The third-order valence-corrected chi connectivity index (χ3v) is 5.24. The smallest absolute Gasteiger partial charge is 0.289 e. The van der Waals surface area contributed by atoms with Gasteiger partial charge in [0, 0.05) is 48.7 Å². The Morgan fingerprint density at radius 2 is 1.81 bits per heavy atom. The Morgan fingerprint density at radius 3 is 2.54 bits per heavy atom. The number of carbonyl (C=O) groups excluding carboxylic acids is 1. The van der Waals surface area contributed by atoms with Crippen LogP contribution in [0.4, 0.5) is 0 Å². The maximum Gasteiger partial charge on any atom is 0.289 e. The van der Waals surface area contributed by atoms with E-state index < -0.39 is 0 Å². The van der Waals surface area contributed by atoms with E-state index in [2.05, 4.69) is 29.2 Å². The molecule has 1 amide bonds. The maximum absolute atomic E-state index is 12.9. The van der Waals surface area contributed by atoms with Gasteiger partial charge >= 0.3 is 0 Å². The number of carbonyl (C=O) groups is 1. The van der Waals surface area contributed by atoms with Crippen LogP contribution in [0.25, 0.3) is 11.0 Å². The van der Waals surface area contributed by atoms with Gasteiger partial charge in [0.05, 0.1) is 0 Å². The van der Waals surface area contributed by atoms with Crippen LogP contribution in [0.3, 0.4) is 0 Å². The predicted octanol–water partition coefficient (Wildman–Crippen LogP) is 4.35. The third kappa shape index (κ3) is 3.35. The van der Waals surface area contributed by atoms with Crippen LogP contribution in [0.1, 0.15) is 21.7 Å². The number of furan rings is 1. The minimum atomic E-state index is -0.0332. The molecule has 0 aliphatic carbocycles. The van der Waals surface area contributed by atoms with E-state index in [-0.39, 0.29) is 5.91 Å². The van der Waals surface area contributed by atoms with Gasteiger partial charge in [0.1, 0.15) is 5.58 Å². The summed E-state index contributed by atoms with van der Waals surface area (Å²) in [6, 6.07) is 15.9. The molecule has 1 aromatic heterocycles. The fourth-order valence-electron chi connectivity index (χ4n) is 3.49. The highest BCUT2D eigenvalue weighted by Crippen LogP contribution is 2.29. The second kappa shape index (κ2) is 7.14. The van der Waals surface area contributed by atoms with Crippen LogP contribution in [-0.2, 0) is 6.54 Å². The van der Waals surface area contributed by atoms with E-state index in [1.807, 2.05) is 30.0 Å². The number of nitrogens with zero attached hydrogens (tertiary/aromatic N) is 2. The lowest BCUT2D eigenvalue weighted by atomic mass is 10.1. The number of halogens is 1. The minimum Gasteiger partial charge on any atom is -0.451 e. The minimum absolute atomic E-state index is 0.0332. The summed E-state index contributed by atoms with van der Waals surface area (Å²) in [7, 11) is 0. The molecule has 3 aromatic rings. The Bertz CT molecular complexity index is 928. The lowest BCUT2D eigenvalue weighted by molar-refractivity contribution is 0.0599. The standard InChI is InChI=1S/C21H21ClN2O2/c1-15-18-13-17(22)7-8-19(18)26-20(15)21(25)24-11-9-23(10-12-24)14-16-5-3-2-4-6-16/h2-8,13H,9-12,14H2,1H3. The van der Waals surface area contributed by atoms with Gasteiger partial charge in [0.25, 0.3) is 5.91 Å². The molecule has 2 heterocycles. The zero-order valence-corrected chi connectivity index (χ0v) is 15.5. The third-order valence-electron chi connectivity index (χ3n) is 5.00. The second-order valence-electron chi connectivity index (χ2n) is 6.75. The maximum atomic E-state index is 12.9. The van der Waals surface area contributed by atoms with Crippen molar-refractivity contribution in [2.75, 3.05) is 26.2 Å². The first kappa shape index (κ1) is 17.1. The zero-order valence-electron chi connectivity index (χ0n) is 14.7. The summed E-state index contributed by atoms with van der Waals surface area (Å²) in [5.74, 6) is 0.396. The van der Waals surface area contributed by atoms with Crippen molar-refractivity contribution >= 4 is 28.5 Å². The van der Waals surface area contributed by atoms with Gasteiger partial charge < -0.3 is 9.32 Å². The molecule has 1 saturated heterocycles. The van der Waals surface area contributed by atoms with E-state index in [4.69, 9.17) is 16.0 Å². The Balaban J connectivity index is 1.44. The van der Waals surface area contributed by atoms with E-state index >= 15 is 0 Å². The number of aryl methyl sites for hydroxylation is 1. The van der Waals surface area contributed by atoms with Gasteiger partial charge in [0.2, 0.25) is 0 Å². The number of hydrogen-bond acceptors (Lipinski definition) is 3. The SMILES string of the molecule is Cc1c(C(=O)N2CCN(Cc3ccccc3)CC2)oc2ccc(Cl)cc12. The summed E-state index contributed by atoms with van der Waals surface area (Å²) < 4.78 is 5.83. The van der Waals surface area contributed by atoms with Gasteiger partial charge in [-0.05, 0) is 30.7 Å². The average molecular weight is 369 g/mol. The molecule has 134 valence electrons. The van der Waals surface area contributed by atoms with Crippen LogP contribution in [0, 0.1) is 6.92 Å². The molecule has 0 N–H and O–H groups in total. The number of fused-ring (bicyclic) bond motifs is 1. The van der Waals surface area contributed by atoms with E-state index in [1.54, 1.807) is 6.07 Å². The summed E-state index contributed by atoms with van der Waals surface area (Å²) >= 11 is 6.07. The molecule has 0 saturated carbocycles. The zero-order chi connectivity index (χ0) is 18.1. The van der Waals surface area contributed by atoms with Gasteiger partial charge in [-0.1, -0.05) is 41.9 Å². The van der Waals surface area contributed by atoms with Crippen molar-refractivity contribution < 1.29 is 9.21 Å². The highest BCUT2D eigenvalue weighted by Gasteiger charge is 2.26. The Hall–Kier alpha value is -2.30. The van der Waals surface area contributed by atoms with Crippen molar-refractivity contribution in [2.24, 2.45) is 0 Å². The van der Waals surface area contributed by atoms with Gasteiger partial charge in [-0.2, -0.15) is 0 Å². The van der Waals surface area contributed by atoms with Crippen molar-refractivity contribution in [3.63, 3.8) is 0 Å². The van der Waals surface area contributed by atoms with Gasteiger partial charge in [0.15, 0.2) is 5.76 Å². The van der Waals surface area contributed by atoms with Crippen LogP contribution < -0.4 is 0 Å². The number of hydrogen-bond donors (Lipinski definition) is 0. The van der Waals surface area contributed by atoms with Crippen molar-refractivity contribution in [3.8, 4) is 0 Å². The molecule has 2 aromatic carbocycles. The van der Waals surface area contributed by atoms with Gasteiger partial charge in [-0.3, -0.25) is 9.69 Å². The van der Waals surface area contributed by atoms with E-state index in [0.717, 1.165) is 30.6 Å². The van der Waals surface area contributed by atoms with E-state index in [1.165, 1.54) is 5.56 Å². The van der Waals surface area contributed by atoms with Crippen LogP contribution >= 0.6 is 11.6 Å². The summed E-state index contributed by atoms with van der Waals surface area (Å²) in [5.41, 5.74) is 2.87. The van der Waals surface area contributed by atoms with Crippen molar-refractivity contribution in [1.82, 2.24) is 9.80 Å². The molecule has 1 aliphatic heterocycles. The van der Waals surface area contributed by atoms with Crippen LogP contribution in [0.2, 0.25) is 5.02 Å². The summed E-state index contributed by atoms with van der Waals surface area (Å²) in [5, 5.41) is 1.55. The number of piperazine rings is 1. The van der Waals surface area contributed by atoms with E-state index in [9.17, 15) is 4.79 Å². The Kier molecular flexibility index (Phi) is 4.70. The molecule has 0 bridgehead atoms. The van der Waals surface area contributed by atoms with Gasteiger partial charge in [-0.25, -0.2) is 0 Å². The first-order chi connectivity index (χ1) is 12.6. The molecule has 0 radical (unpaired) electrons. The summed E-state index contributed by atoms with van der Waals surface area (Å²) in [6.07, 6.45) is 0. The largest absolute Gasteiger partial charge is 0.451 e. The number of amides is 1. The predicted molar refractivity (Wildman–Crippen MR) is 104 cm³/mol. The quantitative estimate of drug-likeness (QED) is 0.689. The molecule has 4 nitrogen and oxygen atoms in total. The lowest BCUT2D eigenvalue weighted by Crippen LogP contribution is -2.48. The van der Waals surface area contributed by atoms with Crippen molar-refractivity contribution in [1.29, 1.82) is 0 Å². The fourth-order valence-corrected chi connectivity index (χ4v) is 3.66. The molecule has 1 fully saturated rings. The fraction of sp³-hybridized carbons (Fsp3) is 0.286. The summed E-state index contributed by atoms with van der Waals surface area (Å²) in [4.78, 5) is 17.2. The highest BCUT2D eigenvalue weighted by atomic mass is 35.5. The second-order valence-corrected chi connectivity index (χ2v) is 7.19. The van der Waals surface area contributed by atoms with Crippen molar-refractivity contribution in [2.45, 2.75) is 13.5 Å². The van der Waals surface area contributed by atoms with Crippen LogP contribution in [-0.4, -0.2) is 41.9 Å².